The molecule has 0 atom stereocenters. The Labute approximate surface area is 118 Å². The van der Waals surface area contributed by atoms with Crippen LogP contribution in [-0.4, -0.2) is 17.6 Å². The van der Waals surface area contributed by atoms with Gasteiger partial charge in [-0.25, -0.2) is 0 Å². The maximum Gasteiger partial charge on any atom is 0.272 e. The Morgan fingerprint density at radius 1 is 1.40 bits per heavy atom. The lowest BCUT2D eigenvalue weighted by Crippen LogP contribution is -2.16. The van der Waals surface area contributed by atoms with Gasteiger partial charge in [-0.3, -0.25) is 4.79 Å². The summed E-state index contributed by atoms with van der Waals surface area (Å²) in [6, 6.07) is 7.29. The molecule has 2 rings (SSSR count). The van der Waals surface area contributed by atoms with Gasteiger partial charge >= 0.3 is 0 Å². The summed E-state index contributed by atoms with van der Waals surface area (Å²) in [5.74, 6) is 0.437. The second-order valence-electron chi connectivity index (χ2n) is 4.60. The Kier molecular flexibility index (Phi) is 3.98. The number of hydrogen-bond donors (Lipinski definition) is 2. The SMILES string of the molecule is CCn1cc(N)cc1C(=O)Nc1ccc(C)cc1OC. The predicted octanol–water partition coefficient (Wildman–Crippen LogP) is 2.66. The molecule has 20 heavy (non-hydrogen) atoms. The molecule has 1 heterocycles. The number of amides is 1. The largest absolute Gasteiger partial charge is 0.495 e. The lowest BCUT2D eigenvalue weighted by Gasteiger charge is -2.11. The topological polar surface area (TPSA) is 69.3 Å². The minimum atomic E-state index is -0.203. The molecule has 1 aromatic carbocycles. The van der Waals surface area contributed by atoms with Gasteiger partial charge in [-0.05, 0) is 37.6 Å². The Balaban J connectivity index is 2.27. The van der Waals surface area contributed by atoms with Gasteiger partial charge in [0.2, 0.25) is 0 Å². The van der Waals surface area contributed by atoms with E-state index in [0.29, 0.717) is 29.4 Å². The minimum absolute atomic E-state index is 0.203. The van der Waals surface area contributed by atoms with Crippen LogP contribution in [0.25, 0.3) is 0 Å². The normalized spacial score (nSPS) is 10.3. The van der Waals surface area contributed by atoms with E-state index >= 15 is 0 Å². The third-order valence-electron chi connectivity index (χ3n) is 3.10. The molecule has 0 fully saturated rings. The van der Waals surface area contributed by atoms with Gasteiger partial charge in [-0.2, -0.15) is 0 Å². The highest BCUT2D eigenvalue weighted by molar-refractivity contribution is 6.04. The smallest absolute Gasteiger partial charge is 0.272 e. The van der Waals surface area contributed by atoms with Crippen molar-refractivity contribution in [1.29, 1.82) is 0 Å². The van der Waals surface area contributed by atoms with Crippen molar-refractivity contribution in [3.8, 4) is 5.75 Å². The summed E-state index contributed by atoms with van der Waals surface area (Å²) in [5.41, 5.74) is 8.56. The van der Waals surface area contributed by atoms with Gasteiger partial charge in [0.15, 0.2) is 0 Å². The summed E-state index contributed by atoms with van der Waals surface area (Å²) in [6.07, 6.45) is 1.75. The molecule has 0 aliphatic heterocycles. The molecule has 1 amide bonds. The van der Waals surface area contributed by atoms with Gasteiger partial charge < -0.3 is 20.4 Å². The van der Waals surface area contributed by atoms with E-state index in [2.05, 4.69) is 5.32 Å². The number of ether oxygens (including phenoxy) is 1. The number of carbonyl (C=O) groups excluding carboxylic acids is 1. The second kappa shape index (κ2) is 5.69. The quantitative estimate of drug-likeness (QED) is 0.899. The maximum atomic E-state index is 12.3. The Morgan fingerprint density at radius 2 is 2.15 bits per heavy atom. The first-order chi connectivity index (χ1) is 9.55. The monoisotopic (exact) mass is 273 g/mol. The zero-order chi connectivity index (χ0) is 14.7. The Morgan fingerprint density at radius 3 is 2.80 bits per heavy atom. The number of nitrogens with one attached hydrogen (secondary N) is 1. The first kappa shape index (κ1) is 14.0. The van der Waals surface area contributed by atoms with E-state index in [1.165, 1.54) is 0 Å². The molecule has 0 aliphatic rings. The number of aromatic nitrogens is 1. The van der Waals surface area contributed by atoms with Crippen LogP contribution in [0.15, 0.2) is 30.5 Å². The molecule has 5 nitrogen and oxygen atoms in total. The summed E-state index contributed by atoms with van der Waals surface area (Å²) in [5, 5.41) is 2.85. The van der Waals surface area contributed by atoms with Crippen molar-refractivity contribution in [3.63, 3.8) is 0 Å². The van der Waals surface area contributed by atoms with Crippen molar-refractivity contribution in [2.24, 2.45) is 0 Å². The first-order valence-corrected chi connectivity index (χ1v) is 6.46. The molecule has 1 aromatic heterocycles. The number of aryl methyl sites for hydroxylation is 2. The molecule has 0 bridgehead atoms. The van der Waals surface area contributed by atoms with Crippen molar-refractivity contribution in [1.82, 2.24) is 4.57 Å². The molecule has 0 unspecified atom stereocenters. The van der Waals surface area contributed by atoms with Crippen molar-refractivity contribution in [3.05, 3.63) is 41.7 Å². The summed E-state index contributed by atoms with van der Waals surface area (Å²) in [6.45, 7) is 4.62. The highest BCUT2D eigenvalue weighted by atomic mass is 16.5. The fourth-order valence-corrected chi connectivity index (χ4v) is 2.07. The predicted molar refractivity (Wildman–Crippen MR) is 80.2 cm³/mol. The number of anilines is 2. The van der Waals surface area contributed by atoms with E-state index in [0.717, 1.165) is 5.56 Å². The molecule has 0 spiro atoms. The number of nitrogens with zero attached hydrogens (tertiary/aromatic N) is 1. The molecule has 5 heteroatoms. The fraction of sp³-hybridized carbons (Fsp3) is 0.267. The van der Waals surface area contributed by atoms with Crippen LogP contribution in [0.3, 0.4) is 0 Å². The third kappa shape index (κ3) is 2.77. The Hall–Kier alpha value is -2.43. The summed E-state index contributed by atoms with van der Waals surface area (Å²) in [7, 11) is 1.58. The van der Waals surface area contributed by atoms with Gasteiger partial charge in [-0.15, -0.1) is 0 Å². The average molecular weight is 273 g/mol. The first-order valence-electron chi connectivity index (χ1n) is 6.46. The van der Waals surface area contributed by atoms with E-state index in [9.17, 15) is 4.79 Å². The van der Waals surface area contributed by atoms with E-state index in [1.807, 2.05) is 36.6 Å². The molecule has 0 radical (unpaired) electrons. The zero-order valence-corrected chi connectivity index (χ0v) is 11.9. The lowest BCUT2D eigenvalue weighted by molar-refractivity contribution is 0.101. The molecule has 0 aliphatic carbocycles. The highest BCUT2D eigenvalue weighted by Gasteiger charge is 2.14. The minimum Gasteiger partial charge on any atom is -0.495 e. The second-order valence-corrected chi connectivity index (χ2v) is 4.60. The molecule has 0 saturated heterocycles. The molecular weight excluding hydrogens is 254 g/mol. The molecule has 106 valence electrons. The molecule has 3 N–H and O–H groups in total. The van der Waals surface area contributed by atoms with Crippen molar-refractivity contribution >= 4 is 17.3 Å². The average Bonchev–Trinajstić information content (AvgIpc) is 2.82. The van der Waals surface area contributed by atoms with Crippen LogP contribution < -0.4 is 15.8 Å². The van der Waals surface area contributed by atoms with E-state index in [-0.39, 0.29) is 5.91 Å². The lowest BCUT2D eigenvalue weighted by atomic mass is 10.2. The van der Waals surface area contributed by atoms with E-state index in [4.69, 9.17) is 10.5 Å². The van der Waals surface area contributed by atoms with E-state index in [1.54, 1.807) is 19.4 Å². The number of methoxy groups -OCH3 is 1. The molecular formula is C15H19N3O2. The third-order valence-corrected chi connectivity index (χ3v) is 3.10. The van der Waals surface area contributed by atoms with Gasteiger partial charge in [0, 0.05) is 12.7 Å². The van der Waals surface area contributed by atoms with Gasteiger partial charge in [0.25, 0.3) is 5.91 Å². The van der Waals surface area contributed by atoms with Crippen LogP contribution in [0.4, 0.5) is 11.4 Å². The molecule has 0 saturated carbocycles. The van der Waals surface area contributed by atoms with Gasteiger partial charge in [0.05, 0.1) is 18.5 Å². The van der Waals surface area contributed by atoms with Crippen LogP contribution in [0, 0.1) is 6.92 Å². The Bertz CT molecular complexity index is 632. The van der Waals surface area contributed by atoms with Crippen LogP contribution in [0.1, 0.15) is 23.0 Å². The summed E-state index contributed by atoms with van der Waals surface area (Å²) in [4.78, 5) is 12.3. The van der Waals surface area contributed by atoms with Crippen LogP contribution >= 0.6 is 0 Å². The van der Waals surface area contributed by atoms with Crippen molar-refractivity contribution in [2.75, 3.05) is 18.2 Å². The number of hydrogen-bond acceptors (Lipinski definition) is 3. The van der Waals surface area contributed by atoms with Crippen LogP contribution in [0.5, 0.6) is 5.75 Å². The number of carbonyl (C=O) groups is 1. The number of benzene rings is 1. The van der Waals surface area contributed by atoms with Gasteiger partial charge in [-0.1, -0.05) is 6.07 Å². The van der Waals surface area contributed by atoms with Crippen LogP contribution in [0.2, 0.25) is 0 Å². The summed E-state index contributed by atoms with van der Waals surface area (Å²) < 4.78 is 7.09. The maximum absolute atomic E-state index is 12.3. The van der Waals surface area contributed by atoms with Crippen LogP contribution in [-0.2, 0) is 6.54 Å². The van der Waals surface area contributed by atoms with E-state index < -0.39 is 0 Å². The number of rotatable bonds is 4. The van der Waals surface area contributed by atoms with Crippen molar-refractivity contribution < 1.29 is 9.53 Å². The standard InChI is InChI=1S/C15H19N3O2/c1-4-18-9-11(16)8-13(18)15(19)17-12-6-5-10(2)7-14(12)20-3/h5-9H,4,16H2,1-3H3,(H,17,19). The highest BCUT2D eigenvalue weighted by Crippen LogP contribution is 2.26. The fourth-order valence-electron chi connectivity index (χ4n) is 2.07. The molecule has 2 aromatic rings. The number of nitrogen functional groups attached to an aromatic ring is 1. The number of nitrogens with two attached hydrogens (primary N) is 1. The van der Waals surface area contributed by atoms with Gasteiger partial charge in [0.1, 0.15) is 11.4 Å². The zero-order valence-electron chi connectivity index (χ0n) is 11.9. The van der Waals surface area contributed by atoms with Crippen molar-refractivity contribution in [2.45, 2.75) is 20.4 Å². The summed E-state index contributed by atoms with van der Waals surface area (Å²) >= 11 is 0.